The fourth-order valence-electron chi connectivity index (χ4n) is 0.912. The van der Waals surface area contributed by atoms with Gasteiger partial charge in [0.2, 0.25) is 0 Å². The van der Waals surface area contributed by atoms with Gasteiger partial charge in [0.25, 0.3) is 0 Å². The summed E-state index contributed by atoms with van der Waals surface area (Å²) in [5, 5.41) is 12.0. The van der Waals surface area contributed by atoms with Gasteiger partial charge in [-0.05, 0) is 18.2 Å². The first-order chi connectivity index (χ1) is 6.18. The Morgan fingerprint density at radius 3 is 2.92 bits per heavy atom. The molecule has 0 bridgehead atoms. The second-order valence-electron chi connectivity index (χ2n) is 2.58. The van der Waals surface area contributed by atoms with E-state index in [1.165, 1.54) is 0 Å². The number of rotatable bonds is 4. The largest absolute Gasteiger partial charge is 0.481 e. The maximum absolute atomic E-state index is 10.2. The van der Waals surface area contributed by atoms with Crippen molar-refractivity contribution in [2.75, 3.05) is 11.9 Å². The monoisotopic (exact) mass is 199 g/mol. The Balaban J connectivity index is 2.41. The van der Waals surface area contributed by atoms with Crippen LogP contribution in [0.4, 0.5) is 5.69 Å². The van der Waals surface area contributed by atoms with E-state index in [9.17, 15) is 4.79 Å². The molecule has 1 rings (SSSR count). The molecule has 1 aromatic rings. The molecule has 0 spiro atoms. The number of hydrogen-bond acceptors (Lipinski definition) is 2. The van der Waals surface area contributed by atoms with E-state index in [1.807, 2.05) is 12.1 Å². The van der Waals surface area contributed by atoms with Crippen LogP contribution in [0.25, 0.3) is 0 Å². The van der Waals surface area contributed by atoms with Crippen molar-refractivity contribution >= 4 is 23.3 Å². The van der Waals surface area contributed by atoms with Crippen molar-refractivity contribution in [3.05, 3.63) is 29.3 Å². The van der Waals surface area contributed by atoms with Crippen molar-refractivity contribution < 1.29 is 9.90 Å². The number of carbonyl (C=O) groups is 1. The quantitative estimate of drug-likeness (QED) is 0.782. The van der Waals surface area contributed by atoms with Crippen LogP contribution in [-0.2, 0) is 4.79 Å². The van der Waals surface area contributed by atoms with Crippen LogP contribution in [0.2, 0.25) is 5.02 Å². The minimum atomic E-state index is -0.811. The molecule has 0 aliphatic carbocycles. The van der Waals surface area contributed by atoms with E-state index in [0.717, 1.165) is 5.69 Å². The number of carboxylic acid groups (broad SMARTS) is 1. The van der Waals surface area contributed by atoms with E-state index >= 15 is 0 Å². The van der Waals surface area contributed by atoms with Crippen LogP contribution < -0.4 is 5.32 Å². The highest BCUT2D eigenvalue weighted by Gasteiger charge is 1.96. The number of benzene rings is 1. The van der Waals surface area contributed by atoms with E-state index in [1.54, 1.807) is 12.1 Å². The standard InChI is InChI=1S/C9H10ClNO2/c10-7-2-1-3-8(6-7)11-5-4-9(12)13/h1-3,6,11H,4-5H2,(H,12,13). The number of anilines is 1. The highest BCUT2D eigenvalue weighted by molar-refractivity contribution is 6.30. The normalized spacial score (nSPS) is 9.62. The molecule has 0 saturated heterocycles. The minimum absolute atomic E-state index is 0.104. The molecule has 2 N–H and O–H groups in total. The summed E-state index contributed by atoms with van der Waals surface area (Å²) in [6.07, 6.45) is 0.104. The molecule has 0 amide bonds. The zero-order valence-electron chi connectivity index (χ0n) is 6.96. The average molecular weight is 200 g/mol. The summed E-state index contributed by atoms with van der Waals surface area (Å²) in [6.45, 7) is 0.412. The molecule has 0 atom stereocenters. The molecule has 13 heavy (non-hydrogen) atoms. The van der Waals surface area contributed by atoms with E-state index in [-0.39, 0.29) is 6.42 Å². The third-order valence-corrected chi connectivity index (χ3v) is 1.73. The van der Waals surface area contributed by atoms with Crippen LogP contribution in [0.3, 0.4) is 0 Å². The highest BCUT2D eigenvalue weighted by Crippen LogP contribution is 2.14. The van der Waals surface area contributed by atoms with Gasteiger partial charge in [-0.1, -0.05) is 17.7 Å². The van der Waals surface area contributed by atoms with E-state index in [0.29, 0.717) is 11.6 Å². The summed E-state index contributed by atoms with van der Waals surface area (Å²) < 4.78 is 0. The van der Waals surface area contributed by atoms with Crippen molar-refractivity contribution in [2.24, 2.45) is 0 Å². The predicted molar refractivity (Wildman–Crippen MR) is 52.2 cm³/mol. The first kappa shape index (κ1) is 9.86. The Morgan fingerprint density at radius 1 is 1.54 bits per heavy atom. The number of hydrogen-bond donors (Lipinski definition) is 2. The number of carboxylic acids is 1. The second-order valence-corrected chi connectivity index (χ2v) is 3.02. The van der Waals surface area contributed by atoms with E-state index in [2.05, 4.69) is 5.32 Å². The van der Waals surface area contributed by atoms with Crippen LogP contribution in [0, 0.1) is 0 Å². The third-order valence-electron chi connectivity index (χ3n) is 1.49. The summed E-state index contributed by atoms with van der Waals surface area (Å²) in [4.78, 5) is 10.2. The molecule has 0 heterocycles. The van der Waals surface area contributed by atoms with E-state index < -0.39 is 5.97 Å². The molecule has 0 aromatic heterocycles. The summed E-state index contributed by atoms with van der Waals surface area (Å²) in [7, 11) is 0. The fraction of sp³-hybridized carbons (Fsp3) is 0.222. The first-order valence-corrected chi connectivity index (χ1v) is 4.27. The molecular weight excluding hydrogens is 190 g/mol. The zero-order chi connectivity index (χ0) is 9.68. The van der Waals surface area contributed by atoms with Crippen LogP contribution in [0.15, 0.2) is 24.3 Å². The summed E-state index contributed by atoms with van der Waals surface area (Å²) >= 11 is 5.73. The van der Waals surface area contributed by atoms with Gasteiger partial charge >= 0.3 is 5.97 Å². The van der Waals surface area contributed by atoms with Crippen molar-refractivity contribution in [3.8, 4) is 0 Å². The molecule has 0 saturated carbocycles. The van der Waals surface area contributed by atoms with Crippen LogP contribution in [-0.4, -0.2) is 17.6 Å². The van der Waals surface area contributed by atoms with Crippen LogP contribution in [0.1, 0.15) is 6.42 Å². The lowest BCUT2D eigenvalue weighted by Gasteiger charge is -2.03. The van der Waals surface area contributed by atoms with Gasteiger partial charge in [0.15, 0.2) is 0 Å². The van der Waals surface area contributed by atoms with Gasteiger partial charge in [-0.3, -0.25) is 4.79 Å². The molecule has 0 aliphatic heterocycles. The van der Waals surface area contributed by atoms with Gasteiger partial charge in [0.05, 0.1) is 6.42 Å². The Labute approximate surface area is 81.3 Å². The van der Waals surface area contributed by atoms with Gasteiger partial charge in [-0.25, -0.2) is 0 Å². The maximum Gasteiger partial charge on any atom is 0.305 e. The lowest BCUT2D eigenvalue weighted by atomic mass is 10.3. The summed E-state index contributed by atoms with van der Waals surface area (Å²) in [5.74, 6) is -0.811. The summed E-state index contributed by atoms with van der Waals surface area (Å²) in [5.41, 5.74) is 0.841. The topological polar surface area (TPSA) is 49.3 Å². The molecule has 1 aromatic carbocycles. The SMILES string of the molecule is O=C(O)CCNc1cccc(Cl)c1. The van der Waals surface area contributed by atoms with E-state index in [4.69, 9.17) is 16.7 Å². The van der Waals surface area contributed by atoms with Crippen LogP contribution >= 0.6 is 11.6 Å². The minimum Gasteiger partial charge on any atom is -0.481 e. The Bertz CT molecular complexity index is 301. The number of aliphatic carboxylic acids is 1. The number of nitrogens with one attached hydrogen (secondary N) is 1. The lowest BCUT2D eigenvalue weighted by molar-refractivity contribution is -0.136. The van der Waals surface area contributed by atoms with Gasteiger partial charge in [0.1, 0.15) is 0 Å². The smallest absolute Gasteiger partial charge is 0.305 e. The van der Waals surface area contributed by atoms with Crippen molar-refractivity contribution in [2.45, 2.75) is 6.42 Å². The molecular formula is C9H10ClNO2. The maximum atomic E-state index is 10.2. The molecule has 3 nitrogen and oxygen atoms in total. The van der Waals surface area contributed by atoms with Gasteiger partial charge < -0.3 is 10.4 Å². The van der Waals surface area contributed by atoms with Crippen LogP contribution in [0.5, 0.6) is 0 Å². The molecule has 70 valence electrons. The molecule has 0 radical (unpaired) electrons. The predicted octanol–water partition coefficient (Wildman–Crippen LogP) is 2.23. The van der Waals surface area contributed by atoms with Gasteiger partial charge in [0, 0.05) is 17.3 Å². The average Bonchev–Trinajstić information content (AvgIpc) is 2.03. The van der Waals surface area contributed by atoms with Crippen molar-refractivity contribution in [1.29, 1.82) is 0 Å². The zero-order valence-corrected chi connectivity index (χ0v) is 7.71. The molecule has 0 unspecified atom stereocenters. The van der Waals surface area contributed by atoms with Crippen molar-refractivity contribution in [3.63, 3.8) is 0 Å². The first-order valence-electron chi connectivity index (χ1n) is 3.90. The molecule has 0 fully saturated rings. The summed E-state index contributed by atoms with van der Waals surface area (Å²) in [6, 6.07) is 7.17. The van der Waals surface area contributed by atoms with Gasteiger partial charge in [-0.15, -0.1) is 0 Å². The highest BCUT2D eigenvalue weighted by atomic mass is 35.5. The number of halogens is 1. The fourth-order valence-corrected chi connectivity index (χ4v) is 1.10. The van der Waals surface area contributed by atoms with Crippen molar-refractivity contribution in [1.82, 2.24) is 0 Å². The Hall–Kier alpha value is -1.22. The lowest BCUT2D eigenvalue weighted by Crippen LogP contribution is -2.07. The Kier molecular flexibility index (Phi) is 3.58. The van der Waals surface area contributed by atoms with Gasteiger partial charge in [-0.2, -0.15) is 0 Å². The molecule has 4 heteroatoms. The molecule has 0 aliphatic rings. The Morgan fingerprint density at radius 2 is 2.31 bits per heavy atom. The second kappa shape index (κ2) is 4.72. The third kappa shape index (κ3) is 3.80.